The van der Waals surface area contributed by atoms with Gasteiger partial charge in [-0.05, 0) is 66.6 Å². The van der Waals surface area contributed by atoms with Crippen molar-refractivity contribution in [2.45, 2.75) is 36.2 Å². The first-order chi connectivity index (χ1) is 9.09. The maximum atomic E-state index is 12.8. The highest BCUT2D eigenvalue weighted by Gasteiger charge is 2.42. The normalized spacial score (nSPS) is 28.3. The molecule has 2 aliphatic heterocycles. The monoisotopic (exact) mass is 392 g/mol. The predicted molar refractivity (Wildman–Crippen MR) is 82.5 cm³/mol. The smallest absolute Gasteiger partial charge is 0.243 e. The fourth-order valence-electron chi connectivity index (χ4n) is 3.08. The van der Waals surface area contributed by atoms with Crippen LogP contribution in [0.25, 0.3) is 0 Å². The maximum Gasteiger partial charge on any atom is 0.243 e. The summed E-state index contributed by atoms with van der Waals surface area (Å²) in [6.07, 6.45) is 2.88. The second-order valence-corrected chi connectivity index (χ2v) is 8.26. The molecule has 0 saturated carbocycles. The maximum absolute atomic E-state index is 12.8. The van der Waals surface area contributed by atoms with Crippen LogP contribution in [-0.2, 0) is 10.0 Å². The zero-order chi connectivity index (χ0) is 13.5. The average molecular weight is 392 g/mol. The molecule has 2 saturated heterocycles. The number of nitrogens with one attached hydrogen (secondary N) is 1. The van der Waals surface area contributed by atoms with Gasteiger partial charge in [-0.15, -0.1) is 0 Å². The highest BCUT2D eigenvalue weighted by molar-refractivity contribution is 14.1. The van der Waals surface area contributed by atoms with Crippen LogP contribution in [0.4, 0.5) is 0 Å². The number of hydrogen-bond donors (Lipinski definition) is 1. The van der Waals surface area contributed by atoms with Crippen LogP contribution in [0.3, 0.4) is 0 Å². The molecule has 0 amide bonds. The summed E-state index contributed by atoms with van der Waals surface area (Å²) in [6.45, 7) is 1.69. The Bertz CT molecular complexity index is 562. The zero-order valence-corrected chi connectivity index (χ0v) is 13.5. The Kier molecular flexibility index (Phi) is 3.85. The summed E-state index contributed by atoms with van der Waals surface area (Å²) in [6, 6.07) is 7.48. The van der Waals surface area contributed by atoms with Crippen molar-refractivity contribution in [3.8, 4) is 0 Å². The molecule has 0 aliphatic carbocycles. The molecule has 1 aromatic carbocycles. The Hall–Kier alpha value is -0.180. The topological polar surface area (TPSA) is 49.4 Å². The first-order valence-electron chi connectivity index (χ1n) is 6.59. The Morgan fingerprint density at radius 2 is 2.00 bits per heavy atom. The lowest BCUT2D eigenvalue weighted by atomic mass is 10.1. The van der Waals surface area contributed by atoms with Crippen LogP contribution in [0.5, 0.6) is 0 Å². The van der Waals surface area contributed by atoms with Crippen molar-refractivity contribution in [3.05, 3.63) is 27.8 Å². The third kappa shape index (κ3) is 2.55. The average Bonchev–Trinajstić information content (AvgIpc) is 2.63. The molecule has 6 heteroatoms. The summed E-state index contributed by atoms with van der Waals surface area (Å²) >= 11 is 2.15. The summed E-state index contributed by atoms with van der Waals surface area (Å²) in [5.74, 6) is 0. The molecular formula is C13H17IN2O2S. The quantitative estimate of drug-likeness (QED) is 0.782. The molecule has 19 heavy (non-hydrogen) atoms. The van der Waals surface area contributed by atoms with Gasteiger partial charge in [0.05, 0.1) is 4.90 Å². The second-order valence-electron chi connectivity index (χ2n) is 5.17. The zero-order valence-electron chi connectivity index (χ0n) is 10.5. The number of fused-ring (bicyclic) bond motifs is 2. The van der Waals surface area contributed by atoms with Gasteiger partial charge < -0.3 is 5.32 Å². The van der Waals surface area contributed by atoms with E-state index in [1.807, 2.05) is 12.1 Å². The molecular weight excluding hydrogens is 375 g/mol. The van der Waals surface area contributed by atoms with E-state index in [-0.39, 0.29) is 12.1 Å². The van der Waals surface area contributed by atoms with Gasteiger partial charge in [0.25, 0.3) is 0 Å². The van der Waals surface area contributed by atoms with Crippen LogP contribution in [-0.4, -0.2) is 37.9 Å². The number of benzene rings is 1. The van der Waals surface area contributed by atoms with Crippen molar-refractivity contribution in [1.82, 2.24) is 9.62 Å². The Morgan fingerprint density at radius 1 is 1.21 bits per heavy atom. The van der Waals surface area contributed by atoms with E-state index >= 15 is 0 Å². The highest BCUT2D eigenvalue weighted by atomic mass is 127. The Balaban J connectivity index is 2.00. The summed E-state index contributed by atoms with van der Waals surface area (Å²) < 4.78 is 28.4. The molecule has 2 atom stereocenters. The van der Waals surface area contributed by atoms with Crippen LogP contribution in [0.1, 0.15) is 19.3 Å². The van der Waals surface area contributed by atoms with Gasteiger partial charge in [0.15, 0.2) is 0 Å². The first kappa shape index (κ1) is 13.8. The van der Waals surface area contributed by atoms with Gasteiger partial charge in [-0.2, -0.15) is 4.31 Å². The second kappa shape index (κ2) is 5.31. The molecule has 2 aliphatic rings. The van der Waals surface area contributed by atoms with Crippen molar-refractivity contribution in [1.29, 1.82) is 0 Å². The van der Waals surface area contributed by atoms with E-state index < -0.39 is 10.0 Å². The van der Waals surface area contributed by atoms with E-state index in [1.165, 1.54) is 0 Å². The molecule has 2 heterocycles. The van der Waals surface area contributed by atoms with Gasteiger partial charge in [-0.1, -0.05) is 6.07 Å². The Labute approximate surface area is 127 Å². The van der Waals surface area contributed by atoms with Crippen LogP contribution in [0.2, 0.25) is 0 Å². The summed E-state index contributed by atoms with van der Waals surface area (Å²) in [4.78, 5) is 0.429. The minimum absolute atomic E-state index is 0.121. The van der Waals surface area contributed by atoms with Crippen molar-refractivity contribution >= 4 is 32.6 Å². The SMILES string of the molecule is O=S(=O)(c1cccc(I)c1)N1C2CCNCC1CC2. The molecule has 1 aromatic rings. The molecule has 1 N–H and O–H groups in total. The van der Waals surface area contributed by atoms with E-state index in [2.05, 4.69) is 27.9 Å². The van der Waals surface area contributed by atoms with Gasteiger partial charge in [-0.25, -0.2) is 8.42 Å². The van der Waals surface area contributed by atoms with Crippen LogP contribution >= 0.6 is 22.6 Å². The van der Waals surface area contributed by atoms with Gasteiger partial charge in [-0.3, -0.25) is 0 Å². The lowest BCUT2D eigenvalue weighted by Crippen LogP contribution is -2.42. The lowest BCUT2D eigenvalue weighted by molar-refractivity contribution is 0.334. The van der Waals surface area contributed by atoms with Crippen molar-refractivity contribution in [3.63, 3.8) is 0 Å². The third-order valence-corrected chi connectivity index (χ3v) is 6.63. The fourth-order valence-corrected chi connectivity index (χ4v) is 5.78. The summed E-state index contributed by atoms with van der Waals surface area (Å²) in [5, 5.41) is 3.34. The Morgan fingerprint density at radius 3 is 2.79 bits per heavy atom. The molecule has 4 nitrogen and oxygen atoms in total. The number of rotatable bonds is 2. The van der Waals surface area contributed by atoms with E-state index in [0.29, 0.717) is 4.90 Å². The van der Waals surface area contributed by atoms with E-state index in [0.717, 1.165) is 35.9 Å². The van der Waals surface area contributed by atoms with Gasteiger partial charge in [0.1, 0.15) is 0 Å². The van der Waals surface area contributed by atoms with Gasteiger partial charge >= 0.3 is 0 Å². The van der Waals surface area contributed by atoms with Gasteiger partial charge in [0.2, 0.25) is 10.0 Å². The number of nitrogens with zero attached hydrogens (tertiary/aromatic N) is 1. The van der Waals surface area contributed by atoms with Crippen molar-refractivity contribution < 1.29 is 8.42 Å². The van der Waals surface area contributed by atoms with Crippen molar-refractivity contribution in [2.24, 2.45) is 0 Å². The molecule has 0 radical (unpaired) electrons. The summed E-state index contributed by atoms with van der Waals surface area (Å²) in [5.41, 5.74) is 0. The number of hydrogen-bond acceptors (Lipinski definition) is 3. The standard InChI is InChI=1S/C13H17IN2O2S/c14-10-2-1-3-13(8-10)19(17,18)16-11-4-5-12(16)9-15-7-6-11/h1-3,8,11-12,15H,4-7,9H2. The predicted octanol–water partition coefficient (Wildman–Crippen LogP) is 1.81. The fraction of sp³-hybridized carbons (Fsp3) is 0.538. The largest absolute Gasteiger partial charge is 0.315 e. The number of halogens is 1. The van der Waals surface area contributed by atoms with E-state index in [9.17, 15) is 8.42 Å². The highest BCUT2D eigenvalue weighted by Crippen LogP contribution is 2.33. The molecule has 2 bridgehead atoms. The minimum Gasteiger partial charge on any atom is -0.315 e. The van der Waals surface area contributed by atoms with Crippen LogP contribution < -0.4 is 5.32 Å². The van der Waals surface area contributed by atoms with Gasteiger partial charge in [0, 0.05) is 22.2 Å². The molecule has 0 aromatic heterocycles. The van der Waals surface area contributed by atoms with E-state index in [4.69, 9.17) is 0 Å². The third-order valence-electron chi connectivity index (χ3n) is 3.96. The molecule has 2 unspecified atom stereocenters. The lowest BCUT2D eigenvalue weighted by Gasteiger charge is -2.26. The minimum atomic E-state index is -3.36. The van der Waals surface area contributed by atoms with Crippen molar-refractivity contribution in [2.75, 3.05) is 13.1 Å². The van der Waals surface area contributed by atoms with E-state index in [1.54, 1.807) is 16.4 Å². The van der Waals surface area contributed by atoms with Crippen LogP contribution in [0, 0.1) is 3.57 Å². The first-order valence-corrected chi connectivity index (χ1v) is 9.11. The van der Waals surface area contributed by atoms with Crippen LogP contribution in [0.15, 0.2) is 29.2 Å². The molecule has 104 valence electrons. The molecule has 2 fully saturated rings. The summed E-state index contributed by atoms with van der Waals surface area (Å²) in [7, 11) is -3.36. The number of sulfonamides is 1. The molecule has 0 spiro atoms. The molecule has 3 rings (SSSR count).